The van der Waals surface area contributed by atoms with Crippen LogP contribution in [0.2, 0.25) is 0 Å². The Balaban J connectivity index is 2.50. The maximum absolute atomic E-state index is 11.6. The highest BCUT2D eigenvalue weighted by molar-refractivity contribution is 5.20. The first-order valence-corrected chi connectivity index (χ1v) is 5.70. The van der Waals surface area contributed by atoms with Crippen LogP contribution in [0.1, 0.15) is 30.5 Å². The quantitative estimate of drug-likeness (QED) is 0.746. The molecule has 0 spiro atoms. The number of hydrogen-bond acceptors (Lipinski definition) is 3. The molecule has 88 valence electrons. The highest BCUT2D eigenvalue weighted by Gasteiger charge is 2.17. The van der Waals surface area contributed by atoms with Crippen molar-refractivity contribution < 1.29 is 5.11 Å². The van der Waals surface area contributed by atoms with E-state index in [2.05, 4.69) is 4.98 Å². The molecule has 1 aromatic rings. The van der Waals surface area contributed by atoms with Crippen molar-refractivity contribution >= 4 is 0 Å². The topological polar surface area (TPSA) is 75.1 Å². The Morgan fingerprint density at radius 1 is 1.25 bits per heavy atom. The lowest BCUT2D eigenvalue weighted by Crippen LogP contribution is -2.37. The van der Waals surface area contributed by atoms with Crippen LogP contribution in [0.15, 0.2) is 9.59 Å². The van der Waals surface area contributed by atoms with Crippen LogP contribution in [0.25, 0.3) is 0 Å². The number of nitrogens with one attached hydrogen (secondary N) is 1. The molecule has 2 N–H and O–H groups in total. The fourth-order valence-electron chi connectivity index (χ4n) is 2.26. The predicted octanol–water partition coefficient (Wildman–Crippen LogP) is -0.202. The van der Waals surface area contributed by atoms with Gasteiger partial charge in [-0.2, -0.15) is 0 Å². The molecule has 1 heterocycles. The van der Waals surface area contributed by atoms with E-state index in [9.17, 15) is 9.59 Å². The van der Waals surface area contributed by atoms with Crippen molar-refractivity contribution in [2.24, 2.45) is 0 Å². The van der Waals surface area contributed by atoms with Crippen LogP contribution in [0.3, 0.4) is 0 Å². The normalized spacial score (nSPS) is 14.8. The minimum Gasteiger partial charge on any atom is -0.396 e. The van der Waals surface area contributed by atoms with E-state index < -0.39 is 0 Å². The number of fused-ring (bicyclic) bond motifs is 1. The van der Waals surface area contributed by atoms with E-state index in [1.807, 2.05) is 0 Å². The zero-order valence-corrected chi connectivity index (χ0v) is 9.16. The second-order valence-corrected chi connectivity index (χ2v) is 4.12. The lowest BCUT2D eigenvalue weighted by molar-refractivity contribution is 0.277. The molecule has 1 aromatic heterocycles. The zero-order chi connectivity index (χ0) is 11.5. The lowest BCUT2D eigenvalue weighted by Gasteiger charge is -2.19. The maximum atomic E-state index is 11.6. The standard InChI is InChI=1S/C11H16N2O3/c14-7-3-6-13-9-5-2-1-4-8(9)10(15)12-11(13)16/h14H,1-7H2,(H,12,15,16). The molecule has 0 unspecified atom stereocenters. The zero-order valence-electron chi connectivity index (χ0n) is 9.16. The first-order chi connectivity index (χ1) is 7.74. The number of hydrogen-bond donors (Lipinski definition) is 2. The molecule has 0 amide bonds. The largest absolute Gasteiger partial charge is 0.396 e. The summed E-state index contributed by atoms with van der Waals surface area (Å²) in [5, 5.41) is 8.79. The van der Waals surface area contributed by atoms with Gasteiger partial charge in [-0.3, -0.25) is 14.3 Å². The molecule has 0 atom stereocenters. The molecule has 0 aromatic carbocycles. The summed E-state index contributed by atoms with van der Waals surface area (Å²) in [5.74, 6) is 0. The Hall–Kier alpha value is -1.36. The number of aliphatic hydroxyl groups is 1. The number of nitrogens with zero attached hydrogens (tertiary/aromatic N) is 1. The fourth-order valence-corrected chi connectivity index (χ4v) is 2.26. The van der Waals surface area contributed by atoms with Crippen LogP contribution in [0, 0.1) is 0 Å². The number of rotatable bonds is 3. The number of aromatic amines is 1. The highest BCUT2D eigenvalue weighted by Crippen LogP contribution is 2.16. The second kappa shape index (κ2) is 4.65. The van der Waals surface area contributed by atoms with Crippen LogP contribution in [-0.4, -0.2) is 21.3 Å². The first-order valence-electron chi connectivity index (χ1n) is 5.70. The Morgan fingerprint density at radius 3 is 2.75 bits per heavy atom. The van der Waals surface area contributed by atoms with Gasteiger partial charge in [0.2, 0.25) is 0 Å². The number of H-pyrrole nitrogens is 1. The van der Waals surface area contributed by atoms with Crippen molar-refractivity contribution in [3.8, 4) is 0 Å². The third-order valence-electron chi connectivity index (χ3n) is 3.04. The van der Waals surface area contributed by atoms with Crippen molar-refractivity contribution in [2.45, 2.75) is 38.6 Å². The summed E-state index contributed by atoms with van der Waals surface area (Å²) >= 11 is 0. The predicted molar refractivity (Wildman–Crippen MR) is 59.7 cm³/mol. The van der Waals surface area contributed by atoms with Crippen molar-refractivity contribution in [1.29, 1.82) is 0 Å². The molecular weight excluding hydrogens is 208 g/mol. The molecule has 0 radical (unpaired) electrons. The van der Waals surface area contributed by atoms with Gasteiger partial charge < -0.3 is 5.11 Å². The smallest absolute Gasteiger partial charge is 0.328 e. The monoisotopic (exact) mass is 224 g/mol. The van der Waals surface area contributed by atoms with Gasteiger partial charge in [0.1, 0.15) is 0 Å². The molecule has 0 saturated carbocycles. The van der Waals surface area contributed by atoms with E-state index in [1.165, 1.54) is 0 Å². The molecule has 1 aliphatic carbocycles. The SMILES string of the molecule is O=c1[nH]c(=O)n(CCCO)c2c1CCCC2. The Labute approximate surface area is 92.7 Å². The van der Waals surface area contributed by atoms with E-state index >= 15 is 0 Å². The van der Waals surface area contributed by atoms with Crippen LogP contribution in [0.4, 0.5) is 0 Å². The lowest BCUT2D eigenvalue weighted by atomic mass is 9.97. The van der Waals surface area contributed by atoms with E-state index in [1.54, 1.807) is 4.57 Å². The third-order valence-corrected chi connectivity index (χ3v) is 3.04. The van der Waals surface area contributed by atoms with E-state index in [0.29, 0.717) is 13.0 Å². The minimum absolute atomic E-state index is 0.0559. The summed E-state index contributed by atoms with van der Waals surface area (Å²) in [6.45, 7) is 0.536. The van der Waals surface area contributed by atoms with E-state index in [4.69, 9.17) is 5.11 Å². The van der Waals surface area contributed by atoms with Gasteiger partial charge in [-0.05, 0) is 32.1 Å². The molecule has 0 saturated heterocycles. The van der Waals surface area contributed by atoms with Crippen molar-refractivity contribution in [1.82, 2.24) is 9.55 Å². The van der Waals surface area contributed by atoms with E-state index in [0.717, 1.165) is 36.9 Å². The van der Waals surface area contributed by atoms with Gasteiger partial charge in [0.05, 0.1) is 0 Å². The average Bonchev–Trinajstić information content (AvgIpc) is 2.29. The van der Waals surface area contributed by atoms with Gasteiger partial charge in [0.25, 0.3) is 5.56 Å². The number of aliphatic hydroxyl groups excluding tert-OH is 1. The van der Waals surface area contributed by atoms with Crippen molar-refractivity contribution in [3.05, 3.63) is 32.1 Å². The summed E-state index contributed by atoms with van der Waals surface area (Å²) in [6.07, 6.45) is 4.12. The molecule has 1 aliphatic rings. The van der Waals surface area contributed by atoms with Gasteiger partial charge in [0.15, 0.2) is 0 Å². The maximum Gasteiger partial charge on any atom is 0.328 e. The van der Waals surface area contributed by atoms with Gasteiger partial charge in [-0.15, -0.1) is 0 Å². The molecule has 16 heavy (non-hydrogen) atoms. The molecule has 2 rings (SSSR count). The molecular formula is C11H16N2O3. The molecule has 5 nitrogen and oxygen atoms in total. The van der Waals surface area contributed by atoms with Gasteiger partial charge in [-0.25, -0.2) is 4.79 Å². The van der Waals surface area contributed by atoms with Crippen LogP contribution in [0.5, 0.6) is 0 Å². The summed E-state index contributed by atoms with van der Waals surface area (Å²) < 4.78 is 1.60. The summed E-state index contributed by atoms with van der Waals surface area (Å²) in [4.78, 5) is 25.6. The summed E-state index contributed by atoms with van der Waals surface area (Å²) in [7, 11) is 0. The van der Waals surface area contributed by atoms with Crippen LogP contribution in [-0.2, 0) is 19.4 Å². The molecule has 0 bridgehead atoms. The fraction of sp³-hybridized carbons (Fsp3) is 0.636. The Morgan fingerprint density at radius 2 is 2.00 bits per heavy atom. The number of aromatic nitrogens is 2. The van der Waals surface area contributed by atoms with Crippen molar-refractivity contribution in [2.75, 3.05) is 6.61 Å². The molecule has 5 heteroatoms. The highest BCUT2D eigenvalue weighted by atomic mass is 16.3. The minimum atomic E-state index is -0.348. The van der Waals surface area contributed by atoms with Crippen LogP contribution < -0.4 is 11.2 Å². The van der Waals surface area contributed by atoms with E-state index in [-0.39, 0.29) is 17.9 Å². The molecule has 0 aliphatic heterocycles. The Bertz CT molecular complexity index is 487. The average molecular weight is 224 g/mol. The Kier molecular flexibility index (Phi) is 3.24. The molecule has 0 fully saturated rings. The second-order valence-electron chi connectivity index (χ2n) is 4.12. The first kappa shape index (κ1) is 11.1. The van der Waals surface area contributed by atoms with Gasteiger partial charge >= 0.3 is 5.69 Å². The third kappa shape index (κ3) is 1.95. The summed E-state index contributed by atoms with van der Waals surface area (Å²) in [6, 6.07) is 0. The van der Waals surface area contributed by atoms with Gasteiger partial charge in [-0.1, -0.05) is 0 Å². The summed E-state index contributed by atoms with van der Waals surface area (Å²) in [5.41, 5.74) is 1.04. The van der Waals surface area contributed by atoms with Gasteiger partial charge in [0, 0.05) is 24.4 Å². The van der Waals surface area contributed by atoms with Crippen LogP contribution >= 0.6 is 0 Å². The van der Waals surface area contributed by atoms with Crippen molar-refractivity contribution in [3.63, 3.8) is 0 Å².